The van der Waals surface area contributed by atoms with Crippen LogP contribution in [0, 0.1) is 0 Å². The molecule has 0 saturated carbocycles. The number of aliphatic hydroxyl groups is 1. The molecular formula is C11H12OS. The van der Waals surface area contributed by atoms with Gasteiger partial charge in [0.1, 0.15) is 0 Å². The second kappa shape index (κ2) is 3.56. The first-order chi connectivity index (χ1) is 6.31. The van der Waals surface area contributed by atoms with Crippen molar-refractivity contribution in [2.75, 3.05) is 0 Å². The second-order valence-electron chi connectivity index (χ2n) is 3.19. The summed E-state index contributed by atoms with van der Waals surface area (Å²) in [6, 6.07) is 8.31. The molecule has 0 spiro atoms. The topological polar surface area (TPSA) is 20.2 Å². The van der Waals surface area contributed by atoms with E-state index >= 15 is 0 Å². The summed E-state index contributed by atoms with van der Waals surface area (Å²) in [6.45, 7) is 3.60. The van der Waals surface area contributed by atoms with Gasteiger partial charge in [-0.1, -0.05) is 24.3 Å². The molecule has 0 amide bonds. The van der Waals surface area contributed by atoms with Crippen LogP contribution in [-0.4, -0.2) is 16.5 Å². The zero-order valence-corrected chi connectivity index (χ0v) is 8.13. The number of aliphatic hydroxyl groups excluding tert-OH is 1. The van der Waals surface area contributed by atoms with Crippen LogP contribution < -0.4 is 0 Å². The molecule has 2 atom stereocenters. The van der Waals surface area contributed by atoms with Gasteiger partial charge in [-0.2, -0.15) is 0 Å². The standard InChI is InChI=1S/C11H12OS/c1-2-9(12)11-7-8-5-3-4-6-10(8)13-11/h2-6,9,11-12H,1,7H2. The van der Waals surface area contributed by atoms with Gasteiger partial charge in [0.05, 0.1) is 6.10 Å². The van der Waals surface area contributed by atoms with Gasteiger partial charge < -0.3 is 5.11 Å². The lowest BCUT2D eigenvalue weighted by Gasteiger charge is -2.11. The Kier molecular flexibility index (Phi) is 2.42. The molecule has 2 heteroatoms. The number of hydrogen-bond acceptors (Lipinski definition) is 2. The first-order valence-electron chi connectivity index (χ1n) is 4.36. The molecule has 1 aromatic carbocycles. The predicted molar refractivity (Wildman–Crippen MR) is 56.0 cm³/mol. The molecular weight excluding hydrogens is 180 g/mol. The van der Waals surface area contributed by atoms with Gasteiger partial charge in [-0.05, 0) is 18.1 Å². The maximum Gasteiger partial charge on any atom is 0.0843 e. The minimum Gasteiger partial charge on any atom is -0.388 e. The Labute approximate surface area is 82.5 Å². The number of rotatable bonds is 2. The highest BCUT2D eigenvalue weighted by Crippen LogP contribution is 2.38. The van der Waals surface area contributed by atoms with Crippen LogP contribution in [0.2, 0.25) is 0 Å². The maximum absolute atomic E-state index is 9.59. The number of thioether (sulfide) groups is 1. The Morgan fingerprint density at radius 3 is 3.00 bits per heavy atom. The first-order valence-corrected chi connectivity index (χ1v) is 5.24. The summed E-state index contributed by atoms with van der Waals surface area (Å²) in [5, 5.41) is 9.85. The van der Waals surface area contributed by atoms with Crippen LogP contribution in [-0.2, 0) is 6.42 Å². The van der Waals surface area contributed by atoms with Gasteiger partial charge >= 0.3 is 0 Å². The predicted octanol–water partition coefficient (Wildman–Crippen LogP) is 2.25. The average Bonchev–Trinajstić information content (AvgIpc) is 2.59. The van der Waals surface area contributed by atoms with E-state index in [1.807, 2.05) is 12.1 Å². The Bertz CT molecular complexity index is 297. The minimum atomic E-state index is -0.391. The zero-order valence-electron chi connectivity index (χ0n) is 7.31. The summed E-state index contributed by atoms with van der Waals surface area (Å²) in [6.07, 6.45) is 2.18. The van der Waals surface area contributed by atoms with Crippen molar-refractivity contribution >= 4 is 11.8 Å². The third-order valence-corrected chi connectivity index (χ3v) is 3.69. The smallest absolute Gasteiger partial charge is 0.0843 e. The van der Waals surface area contributed by atoms with Crippen molar-refractivity contribution in [1.82, 2.24) is 0 Å². The highest BCUT2D eigenvalue weighted by Gasteiger charge is 2.25. The molecule has 13 heavy (non-hydrogen) atoms. The van der Waals surface area contributed by atoms with Crippen molar-refractivity contribution in [2.24, 2.45) is 0 Å². The summed E-state index contributed by atoms with van der Waals surface area (Å²) in [5.74, 6) is 0. The highest BCUT2D eigenvalue weighted by molar-refractivity contribution is 8.00. The van der Waals surface area contributed by atoms with Crippen molar-refractivity contribution in [3.8, 4) is 0 Å². The molecule has 0 aromatic heterocycles. The molecule has 2 rings (SSSR count). The average molecular weight is 192 g/mol. The molecule has 1 aliphatic rings. The quantitative estimate of drug-likeness (QED) is 0.725. The summed E-state index contributed by atoms with van der Waals surface area (Å²) in [4.78, 5) is 1.30. The molecule has 1 aliphatic heterocycles. The normalized spacial score (nSPS) is 22.4. The fraction of sp³-hybridized carbons (Fsp3) is 0.273. The van der Waals surface area contributed by atoms with E-state index in [-0.39, 0.29) is 5.25 Å². The molecule has 1 heterocycles. The van der Waals surface area contributed by atoms with Gasteiger partial charge in [-0.3, -0.25) is 0 Å². The lowest BCUT2D eigenvalue weighted by Crippen LogP contribution is -2.19. The van der Waals surface area contributed by atoms with E-state index in [2.05, 4.69) is 18.7 Å². The largest absolute Gasteiger partial charge is 0.388 e. The molecule has 1 nitrogen and oxygen atoms in total. The van der Waals surface area contributed by atoms with Crippen LogP contribution in [0.5, 0.6) is 0 Å². The minimum absolute atomic E-state index is 0.259. The van der Waals surface area contributed by atoms with Gasteiger partial charge in [-0.15, -0.1) is 18.3 Å². The van der Waals surface area contributed by atoms with Gasteiger partial charge in [-0.25, -0.2) is 0 Å². The fourth-order valence-corrected chi connectivity index (χ4v) is 2.85. The van der Waals surface area contributed by atoms with Crippen molar-refractivity contribution in [3.05, 3.63) is 42.5 Å². The lowest BCUT2D eigenvalue weighted by atomic mass is 10.1. The van der Waals surface area contributed by atoms with Crippen LogP contribution >= 0.6 is 11.8 Å². The highest BCUT2D eigenvalue weighted by atomic mass is 32.2. The fourth-order valence-electron chi connectivity index (χ4n) is 1.55. The third-order valence-electron chi connectivity index (χ3n) is 2.29. The third kappa shape index (κ3) is 1.64. The molecule has 0 radical (unpaired) electrons. The lowest BCUT2D eigenvalue weighted by molar-refractivity contribution is 0.220. The van der Waals surface area contributed by atoms with Crippen LogP contribution in [0.3, 0.4) is 0 Å². The van der Waals surface area contributed by atoms with Crippen molar-refractivity contribution in [1.29, 1.82) is 0 Å². The van der Waals surface area contributed by atoms with Crippen LogP contribution in [0.4, 0.5) is 0 Å². The van der Waals surface area contributed by atoms with Gasteiger partial charge in [0.2, 0.25) is 0 Å². The maximum atomic E-state index is 9.59. The summed E-state index contributed by atoms with van der Waals surface area (Å²) < 4.78 is 0. The Morgan fingerprint density at radius 2 is 2.31 bits per heavy atom. The number of fused-ring (bicyclic) bond motifs is 1. The van der Waals surface area contributed by atoms with Crippen LogP contribution in [0.15, 0.2) is 41.8 Å². The Morgan fingerprint density at radius 1 is 1.54 bits per heavy atom. The van der Waals surface area contributed by atoms with Crippen molar-refractivity contribution in [3.63, 3.8) is 0 Å². The monoisotopic (exact) mass is 192 g/mol. The van der Waals surface area contributed by atoms with Crippen molar-refractivity contribution in [2.45, 2.75) is 22.7 Å². The van der Waals surface area contributed by atoms with Gasteiger partial charge in [0.25, 0.3) is 0 Å². The molecule has 0 saturated heterocycles. The summed E-state index contributed by atoms with van der Waals surface area (Å²) >= 11 is 1.75. The van der Waals surface area contributed by atoms with E-state index in [0.717, 1.165) is 6.42 Å². The molecule has 0 fully saturated rings. The van der Waals surface area contributed by atoms with Crippen LogP contribution in [0.1, 0.15) is 5.56 Å². The molecule has 2 unspecified atom stereocenters. The zero-order chi connectivity index (χ0) is 9.26. The number of benzene rings is 1. The van der Waals surface area contributed by atoms with E-state index in [4.69, 9.17) is 0 Å². The van der Waals surface area contributed by atoms with Crippen LogP contribution in [0.25, 0.3) is 0 Å². The molecule has 1 N–H and O–H groups in total. The molecule has 0 bridgehead atoms. The summed E-state index contributed by atoms with van der Waals surface area (Å²) in [7, 11) is 0. The van der Waals surface area contributed by atoms with Gasteiger partial charge in [0.15, 0.2) is 0 Å². The molecule has 0 aliphatic carbocycles. The molecule has 1 aromatic rings. The van der Waals surface area contributed by atoms with E-state index in [9.17, 15) is 5.11 Å². The Balaban J connectivity index is 2.18. The molecule has 68 valence electrons. The SMILES string of the molecule is C=CC(O)C1Cc2ccccc2S1. The number of hydrogen-bond donors (Lipinski definition) is 1. The second-order valence-corrected chi connectivity index (χ2v) is 4.48. The van der Waals surface area contributed by atoms with E-state index in [1.165, 1.54) is 10.5 Å². The first kappa shape index (κ1) is 8.85. The van der Waals surface area contributed by atoms with Gasteiger partial charge in [0, 0.05) is 10.1 Å². The van der Waals surface area contributed by atoms with Crippen molar-refractivity contribution < 1.29 is 5.11 Å². The Hall–Kier alpha value is -0.730. The summed E-state index contributed by atoms with van der Waals surface area (Å²) in [5.41, 5.74) is 1.35. The van der Waals surface area contributed by atoms with E-state index in [0.29, 0.717) is 0 Å². The van der Waals surface area contributed by atoms with E-state index in [1.54, 1.807) is 17.8 Å². The van der Waals surface area contributed by atoms with E-state index < -0.39 is 6.10 Å².